The third-order valence-corrected chi connectivity index (χ3v) is 2.91. The average molecular weight is 236 g/mol. The average Bonchev–Trinajstić information content (AvgIpc) is 2.29. The van der Waals surface area contributed by atoms with E-state index in [9.17, 15) is 9.90 Å². The maximum Gasteiger partial charge on any atom is 0.250 e. The van der Waals surface area contributed by atoms with Gasteiger partial charge in [-0.05, 0) is 18.9 Å². The Balaban J connectivity index is 2.26. The van der Waals surface area contributed by atoms with Crippen LogP contribution in [0.2, 0.25) is 0 Å². The molecule has 1 saturated heterocycles. The molecule has 1 fully saturated rings. The van der Waals surface area contributed by atoms with Crippen molar-refractivity contribution in [2.45, 2.75) is 18.9 Å². The van der Waals surface area contributed by atoms with Crippen molar-refractivity contribution in [3.8, 4) is 0 Å². The molecule has 6 nitrogen and oxygen atoms in total. The first kappa shape index (κ1) is 11.7. The minimum Gasteiger partial charge on any atom is -0.397 e. The quantitative estimate of drug-likeness (QED) is 0.655. The van der Waals surface area contributed by atoms with Gasteiger partial charge in [0.05, 0.1) is 23.6 Å². The van der Waals surface area contributed by atoms with Gasteiger partial charge < -0.3 is 21.5 Å². The number of β-amino-alcohol motifs (C(OH)–C–C–N with tert-alkyl or cyclic N) is 1. The molecule has 1 aliphatic heterocycles. The number of rotatable bonds is 2. The lowest BCUT2D eigenvalue weighted by Gasteiger charge is -2.31. The van der Waals surface area contributed by atoms with Crippen LogP contribution < -0.4 is 16.4 Å². The van der Waals surface area contributed by atoms with Gasteiger partial charge in [-0.1, -0.05) is 0 Å². The van der Waals surface area contributed by atoms with Gasteiger partial charge in [-0.25, -0.2) is 4.98 Å². The summed E-state index contributed by atoms with van der Waals surface area (Å²) < 4.78 is 0. The molecule has 1 aromatic heterocycles. The molecule has 0 saturated carbocycles. The summed E-state index contributed by atoms with van der Waals surface area (Å²) in [7, 11) is 0. The first-order valence-corrected chi connectivity index (χ1v) is 5.56. The molecule has 2 rings (SSSR count). The second kappa shape index (κ2) is 4.58. The van der Waals surface area contributed by atoms with Gasteiger partial charge in [0.25, 0.3) is 5.91 Å². The monoisotopic (exact) mass is 236 g/mol. The van der Waals surface area contributed by atoms with E-state index in [1.807, 2.05) is 4.90 Å². The molecule has 2 heterocycles. The van der Waals surface area contributed by atoms with Gasteiger partial charge in [0.1, 0.15) is 5.82 Å². The molecule has 1 aliphatic rings. The Morgan fingerprint density at radius 1 is 1.59 bits per heavy atom. The Morgan fingerprint density at radius 2 is 2.35 bits per heavy atom. The van der Waals surface area contributed by atoms with Crippen LogP contribution in [-0.2, 0) is 0 Å². The maximum atomic E-state index is 11.2. The zero-order valence-electron chi connectivity index (χ0n) is 9.47. The normalized spacial score (nSPS) is 20.3. The molecule has 0 aromatic carbocycles. The Labute approximate surface area is 99.2 Å². The molecule has 1 amide bonds. The van der Waals surface area contributed by atoms with E-state index in [4.69, 9.17) is 11.5 Å². The minimum absolute atomic E-state index is 0.273. The number of nitrogens with zero attached hydrogens (tertiary/aromatic N) is 2. The fourth-order valence-corrected chi connectivity index (χ4v) is 2.00. The molecule has 0 bridgehead atoms. The standard InChI is InChI=1S/C11H16N4O2/c12-9-5-14-10(4-8(9)11(13)17)15-3-1-2-7(16)6-15/h4-5,7,16H,1-3,6,12H2,(H2,13,17). The number of hydrogen-bond donors (Lipinski definition) is 3. The van der Waals surface area contributed by atoms with Gasteiger partial charge in [0, 0.05) is 13.1 Å². The number of pyridine rings is 1. The molecule has 17 heavy (non-hydrogen) atoms. The van der Waals surface area contributed by atoms with Gasteiger partial charge in [-0.15, -0.1) is 0 Å². The highest BCUT2D eigenvalue weighted by Crippen LogP contribution is 2.21. The van der Waals surface area contributed by atoms with Crippen LogP contribution in [-0.4, -0.2) is 35.2 Å². The number of aromatic nitrogens is 1. The lowest BCUT2D eigenvalue weighted by Crippen LogP contribution is -2.38. The smallest absolute Gasteiger partial charge is 0.250 e. The van der Waals surface area contributed by atoms with E-state index in [-0.39, 0.29) is 17.4 Å². The summed E-state index contributed by atoms with van der Waals surface area (Å²) in [6.45, 7) is 1.33. The summed E-state index contributed by atoms with van der Waals surface area (Å²) >= 11 is 0. The van der Waals surface area contributed by atoms with Crippen LogP contribution in [0.15, 0.2) is 12.3 Å². The van der Waals surface area contributed by atoms with Crippen LogP contribution in [0.25, 0.3) is 0 Å². The number of nitrogen functional groups attached to an aromatic ring is 1. The molecule has 0 aliphatic carbocycles. The van der Waals surface area contributed by atoms with Gasteiger partial charge in [-0.3, -0.25) is 4.79 Å². The largest absolute Gasteiger partial charge is 0.397 e. The van der Waals surface area contributed by atoms with Gasteiger partial charge in [-0.2, -0.15) is 0 Å². The molecule has 92 valence electrons. The van der Waals surface area contributed by atoms with Crippen LogP contribution in [0.4, 0.5) is 11.5 Å². The van der Waals surface area contributed by atoms with E-state index < -0.39 is 5.91 Å². The highest BCUT2D eigenvalue weighted by atomic mass is 16.3. The third kappa shape index (κ3) is 2.47. The van der Waals surface area contributed by atoms with Crippen LogP contribution in [0.3, 0.4) is 0 Å². The van der Waals surface area contributed by atoms with Crippen molar-refractivity contribution >= 4 is 17.4 Å². The molecular weight excluding hydrogens is 220 g/mol. The molecule has 0 radical (unpaired) electrons. The minimum atomic E-state index is -0.566. The summed E-state index contributed by atoms with van der Waals surface area (Å²) in [5.74, 6) is 0.0652. The third-order valence-electron chi connectivity index (χ3n) is 2.91. The topological polar surface area (TPSA) is 105 Å². The molecule has 1 atom stereocenters. The first-order valence-electron chi connectivity index (χ1n) is 5.56. The number of carbonyl (C=O) groups excluding carboxylic acids is 1. The van der Waals surface area contributed by atoms with Gasteiger partial charge in [0.2, 0.25) is 0 Å². The number of aliphatic hydroxyl groups is 1. The predicted molar refractivity (Wildman–Crippen MR) is 64.6 cm³/mol. The van der Waals surface area contributed by atoms with Crippen molar-refractivity contribution in [3.63, 3.8) is 0 Å². The summed E-state index contributed by atoms with van der Waals surface area (Å²) in [5, 5.41) is 9.59. The number of amides is 1. The molecule has 1 unspecified atom stereocenters. The fraction of sp³-hybridized carbons (Fsp3) is 0.455. The Kier molecular flexibility index (Phi) is 3.14. The van der Waals surface area contributed by atoms with Crippen molar-refractivity contribution in [1.29, 1.82) is 0 Å². The van der Waals surface area contributed by atoms with E-state index in [1.165, 1.54) is 6.20 Å². The number of hydrogen-bond acceptors (Lipinski definition) is 5. The molecular formula is C11H16N4O2. The van der Waals surface area contributed by atoms with Crippen LogP contribution >= 0.6 is 0 Å². The van der Waals surface area contributed by atoms with E-state index in [1.54, 1.807) is 6.07 Å². The number of aliphatic hydroxyl groups excluding tert-OH is 1. The van der Waals surface area contributed by atoms with Crippen LogP contribution in [0.1, 0.15) is 23.2 Å². The van der Waals surface area contributed by atoms with Crippen molar-refractivity contribution in [3.05, 3.63) is 17.8 Å². The second-order valence-electron chi connectivity index (χ2n) is 4.24. The number of primary amides is 1. The SMILES string of the molecule is NC(=O)c1cc(N2CCCC(O)C2)ncc1N. The van der Waals surface area contributed by atoms with Crippen molar-refractivity contribution in [2.24, 2.45) is 5.73 Å². The highest BCUT2D eigenvalue weighted by molar-refractivity contribution is 5.98. The number of carbonyl (C=O) groups is 1. The van der Waals surface area contributed by atoms with Crippen molar-refractivity contribution in [1.82, 2.24) is 4.98 Å². The summed E-state index contributed by atoms with van der Waals surface area (Å²) in [6.07, 6.45) is 2.78. The Bertz CT molecular complexity index is 435. The Morgan fingerprint density at radius 3 is 3.00 bits per heavy atom. The van der Waals surface area contributed by atoms with E-state index in [2.05, 4.69) is 4.98 Å². The number of anilines is 2. The van der Waals surface area contributed by atoms with Crippen LogP contribution in [0, 0.1) is 0 Å². The summed E-state index contributed by atoms with van der Waals surface area (Å²) in [6, 6.07) is 1.58. The summed E-state index contributed by atoms with van der Waals surface area (Å²) in [4.78, 5) is 17.3. The number of piperidine rings is 1. The molecule has 0 spiro atoms. The van der Waals surface area contributed by atoms with E-state index in [0.717, 1.165) is 19.4 Å². The van der Waals surface area contributed by atoms with E-state index in [0.29, 0.717) is 12.4 Å². The van der Waals surface area contributed by atoms with E-state index >= 15 is 0 Å². The van der Waals surface area contributed by atoms with Gasteiger partial charge >= 0.3 is 0 Å². The maximum absolute atomic E-state index is 11.2. The molecule has 1 aromatic rings. The lowest BCUT2D eigenvalue weighted by molar-refractivity contribution is 0.100. The lowest BCUT2D eigenvalue weighted by atomic mass is 10.1. The second-order valence-corrected chi connectivity index (χ2v) is 4.24. The highest BCUT2D eigenvalue weighted by Gasteiger charge is 2.20. The fourth-order valence-electron chi connectivity index (χ4n) is 2.00. The predicted octanol–water partition coefficient (Wildman–Crippen LogP) is -0.276. The Hall–Kier alpha value is -1.82. The van der Waals surface area contributed by atoms with Crippen molar-refractivity contribution < 1.29 is 9.90 Å². The number of nitrogens with two attached hydrogens (primary N) is 2. The summed E-state index contributed by atoms with van der Waals surface area (Å²) in [5.41, 5.74) is 11.4. The molecule has 6 heteroatoms. The van der Waals surface area contributed by atoms with Crippen molar-refractivity contribution in [2.75, 3.05) is 23.7 Å². The van der Waals surface area contributed by atoms with Gasteiger partial charge in [0.15, 0.2) is 0 Å². The molecule has 5 N–H and O–H groups in total. The van der Waals surface area contributed by atoms with Crippen LogP contribution in [0.5, 0.6) is 0 Å². The zero-order chi connectivity index (χ0) is 12.4. The zero-order valence-corrected chi connectivity index (χ0v) is 9.47. The first-order chi connectivity index (χ1) is 8.08.